The van der Waals surface area contributed by atoms with Crippen molar-refractivity contribution in [1.82, 2.24) is 15.2 Å². The number of ketones is 1. The summed E-state index contributed by atoms with van der Waals surface area (Å²) in [7, 11) is 2.14. The number of nitrogens with zero attached hydrogens (tertiary/aromatic N) is 2. The number of likely N-dealkylation sites (tertiary alicyclic amines) is 1. The monoisotopic (exact) mass is 541 g/mol. The quantitative estimate of drug-likeness (QED) is 0.202. The number of thiophene rings is 1. The maximum atomic E-state index is 13.4. The van der Waals surface area contributed by atoms with Crippen LogP contribution in [0.2, 0.25) is 0 Å². The molecule has 2 aliphatic rings. The van der Waals surface area contributed by atoms with E-state index in [1.54, 1.807) is 19.2 Å². The molecule has 1 saturated carbocycles. The third-order valence-corrected chi connectivity index (χ3v) is 8.56. The van der Waals surface area contributed by atoms with Crippen LogP contribution in [-0.4, -0.2) is 41.7 Å². The number of rotatable bonds is 7. The van der Waals surface area contributed by atoms with Gasteiger partial charge in [-0.1, -0.05) is 18.7 Å². The fourth-order valence-electron chi connectivity index (χ4n) is 4.76. The van der Waals surface area contributed by atoms with Crippen LogP contribution < -0.4 is 10.1 Å². The Morgan fingerprint density at radius 3 is 2.54 bits per heavy atom. The van der Waals surface area contributed by atoms with E-state index in [1.807, 2.05) is 49.4 Å². The van der Waals surface area contributed by atoms with E-state index in [2.05, 4.69) is 34.9 Å². The molecule has 6 rings (SSSR count). The van der Waals surface area contributed by atoms with E-state index < -0.39 is 5.54 Å². The summed E-state index contributed by atoms with van der Waals surface area (Å²) in [5.41, 5.74) is 3.91. The molecule has 6 nitrogen and oxygen atoms in total. The van der Waals surface area contributed by atoms with Gasteiger partial charge in [-0.3, -0.25) is 14.6 Å². The van der Waals surface area contributed by atoms with E-state index in [0.29, 0.717) is 11.3 Å². The smallest absolute Gasteiger partial charge is 0.252 e. The highest BCUT2D eigenvalue weighted by Gasteiger charge is 2.47. The minimum absolute atomic E-state index is 0. The van der Waals surface area contributed by atoms with E-state index in [1.165, 1.54) is 37.1 Å². The summed E-state index contributed by atoms with van der Waals surface area (Å²) in [4.78, 5) is 33.8. The average Bonchev–Trinajstić information content (AvgIpc) is 3.50. The molecule has 2 fully saturated rings. The second kappa shape index (κ2) is 11.1. The number of carbonyl (C=O) groups is 2. The van der Waals surface area contributed by atoms with Crippen molar-refractivity contribution < 1.29 is 15.8 Å². The number of hydrogen-bond donors (Lipinski definition) is 1. The normalized spacial score (nSPS) is 15.5. The molecule has 1 aliphatic heterocycles. The van der Waals surface area contributed by atoms with Crippen molar-refractivity contribution in [2.24, 2.45) is 0 Å². The second-order valence-corrected chi connectivity index (χ2v) is 11.4. The topological polar surface area (TPSA) is 71.5 Å². The molecule has 7 heteroatoms. The van der Waals surface area contributed by atoms with Gasteiger partial charge in [-0.2, -0.15) is 0 Å². The fourth-order valence-corrected chi connectivity index (χ4v) is 5.65. The minimum Gasteiger partial charge on any atom is -0.466 e. The Labute approximate surface area is 234 Å². The third kappa shape index (κ3) is 5.79. The van der Waals surface area contributed by atoms with Crippen LogP contribution in [0.4, 0.5) is 0 Å². The summed E-state index contributed by atoms with van der Waals surface area (Å²) in [6.07, 6.45) is 6.23. The van der Waals surface area contributed by atoms with Gasteiger partial charge in [0.1, 0.15) is 5.75 Å². The molecule has 39 heavy (non-hydrogen) atoms. The van der Waals surface area contributed by atoms with Crippen LogP contribution in [0.5, 0.6) is 5.75 Å². The van der Waals surface area contributed by atoms with Gasteiger partial charge < -0.3 is 15.0 Å². The van der Waals surface area contributed by atoms with Gasteiger partial charge in [0.2, 0.25) is 0 Å². The van der Waals surface area contributed by atoms with Crippen LogP contribution in [0.1, 0.15) is 58.8 Å². The Morgan fingerprint density at radius 1 is 1.15 bits per heavy atom. The molecule has 0 bridgehead atoms. The predicted octanol–water partition coefficient (Wildman–Crippen LogP) is 6.98. The maximum absolute atomic E-state index is 13.4. The van der Waals surface area contributed by atoms with E-state index in [0.717, 1.165) is 50.2 Å². The van der Waals surface area contributed by atoms with Gasteiger partial charge in [-0.15, -0.1) is 11.3 Å². The standard InChI is InChI=1S/C28H24N2O3S.C4H9N.H2/c1-4-33-20-8-7-17(2)22(16-20)27(32)30-28(11-12-28)23-14-19(15-24-21(23)6-5-13-29-24)26-10-9-25(34-26)18(3)31;1-5-3-2-4-5;/h4-10,13-16H,1,11-12H2,2-3H3,(H,30,32);2-4H2,1H3;1H. The molecule has 4 aromatic rings. The van der Waals surface area contributed by atoms with Crippen LogP contribution in [0.25, 0.3) is 21.3 Å². The zero-order valence-electron chi connectivity index (χ0n) is 22.6. The van der Waals surface area contributed by atoms with Crippen molar-refractivity contribution in [3.8, 4) is 16.2 Å². The number of ether oxygens (including phenoxy) is 1. The van der Waals surface area contributed by atoms with Gasteiger partial charge in [0, 0.05) is 23.5 Å². The van der Waals surface area contributed by atoms with Crippen molar-refractivity contribution in [1.29, 1.82) is 0 Å². The lowest BCUT2D eigenvalue weighted by molar-refractivity contribution is 0.0929. The second-order valence-electron chi connectivity index (χ2n) is 10.3. The van der Waals surface area contributed by atoms with Gasteiger partial charge >= 0.3 is 0 Å². The zero-order chi connectivity index (χ0) is 27.6. The molecule has 2 aromatic carbocycles. The number of fused-ring (bicyclic) bond motifs is 1. The highest BCUT2D eigenvalue weighted by Crippen LogP contribution is 2.49. The molecular weight excluding hydrogens is 506 g/mol. The Morgan fingerprint density at radius 2 is 1.92 bits per heavy atom. The molecule has 1 N–H and O–H groups in total. The van der Waals surface area contributed by atoms with Crippen molar-refractivity contribution in [2.45, 2.75) is 38.6 Å². The molecule has 0 unspecified atom stereocenters. The van der Waals surface area contributed by atoms with E-state index in [-0.39, 0.29) is 13.1 Å². The molecule has 0 spiro atoms. The summed E-state index contributed by atoms with van der Waals surface area (Å²) in [5, 5.41) is 4.33. The number of Topliss-reactive ketones (excluding diaryl/α,β-unsaturated/α-hetero) is 1. The lowest BCUT2D eigenvalue weighted by Crippen LogP contribution is -2.35. The lowest BCUT2D eigenvalue weighted by atomic mass is 9.95. The summed E-state index contributed by atoms with van der Waals surface area (Å²) in [6, 6.07) is 17.4. The van der Waals surface area contributed by atoms with E-state index in [4.69, 9.17) is 4.74 Å². The van der Waals surface area contributed by atoms with Crippen molar-refractivity contribution in [3.63, 3.8) is 0 Å². The van der Waals surface area contributed by atoms with Gasteiger partial charge in [0.15, 0.2) is 5.78 Å². The molecular formula is C32H35N3O3S. The highest BCUT2D eigenvalue weighted by atomic mass is 32.1. The Kier molecular flexibility index (Phi) is 7.64. The molecule has 3 heterocycles. The van der Waals surface area contributed by atoms with Crippen LogP contribution in [0, 0.1) is 6.92 Å². The highest BCUT2D eigenvalue weighted by molar-refractivity contribution is 7.17. The number of amides is 1. The number of benzene rings is 2. The number of carbonyl (C=O) groups excluding carboxylic acids is 2. The molecule has 1 saturated heterocycles. The van der Waals surface area contributed by atoms with Crippen LogP contribution in [-0.2, 0) is 5.54 Å². The molecule has 1 aliphatic carbocycles. The van der Waals surface area contributed by atoms with Gasteiger partial charge in [-0.05, 0) is 112 Å². The summed E-state index contributed by atoms with van der Waals surface area (Å²) < 4.78 is 5.38. The lowest BCUT2D eigenvalue weighted by Gasteiger charge is -2.24. The Hall–Kier alpha value is -3.81. The van der Waals surface area contributed by atoms with Gasteiger partial charge in [0.05, 0.1) is 22.2 Å². The molecule has 1 amide bonds. The SMILES string of the molecule is C=COc1ccc(C)c(C(=O)NC2(c3cc(-c4ccc(C(C)=O)s4)cc4ncccc34)CC2)c1.CN1CCC1.[HH]. The number of aromatic nitrogens is 1. The number of nitrogens with one attached hydrogen (secondary N) is 1. The van der Waals surface area contributed by atoms with E-state index >= 15 is 0 Å². The summed E-state index contributed by atoms with van der Waals surface area (Å²) in [6.45, 7) is 9.72. The zero-order valence-corrected chi connectivity index (χ0v) is 23.4. The fraction of sp³-hybridized carbons (Fsp3) is 0.281. The number of aryl methyl sites for hydroxylation is 1. The molecule has 0 radical (unpaired) electrons. The van der Waals surface area contributed by atoms with Crippen LogP contribution >= 0.6 is 11.3 Å². The predicted molar refractivity (Wildman–Crippen MR) is 160 cm³/mol. The minimum atomic E-state index is -0.462. The van der Waals surface area contributed by atoms with Gasteiger partial charge in [-0.25, -0.2) is 0 Å². The summed E-state index contributed by atoms with van der Waals surface area (Å²) >= 11 is 1.47. The van der Waals surface area contributed by atoms with Crippen molar-refractivity contribution in [3.05, 3.63) is 95.2 Å². The first kappa shape index (κ1) is 26.8. The maximum Gasteiger partial charge on any atom is 0.252 e. The van der Waals surface area contributed by atoms with Gasteiger partial charge in [0.25, 0.3) is 5.91 Å². The van der Waals surface area contributed by atoms with Crippen LogP contribution in [0.15, 0.2) is 73.6 Å². The molecule has 2 aromatic heterocycles. The molecule has 202 valence electrons. The first-order chi connectivity index (χ1) is 18.8. The first-order valence-electron chi connectivity index (χ1n) is 13.2. The largest absolute Gasteiger partial charge is 0.466 e. The number of pyridine rings is 1. The van der Waals surface area contributed by atoms with Crippen LogP contribution in [0.3, 0.4) is 0 Å². The summed E-state index contributed by atoms with van der Waals surface area (Å²) in [5.74, 6) is 0.493. The molecule has 0 atom stereocenters. The number of hydrogen-bond acceptors (Lipinski definition) is 6. The first-order valence-corrected chi connectivity index (χ1v) is 14.0. The van der Waals surface area contributed by atoms with Crippen molar-refractivity contribution >= 4 is 33.9 Å². The third-order valence-electron chi connectivity index (χ3n) is 7.33. The Balaban J connectivity index is 0.000000557. The Bertz CT molecular complexity index is 1560. The van der Waals surface area contributed by atoms with E-state index in [9.17, 15) is 9.59 Å². The average molecular weight is 542 g/mol. The van der Waals surface area contributed by atoms with Crippen molar-refractivity contribution in [2.75, 3.05) is 20.1 Å².